The van der Waals surface area contributed by atoms with Crippen LogP contribution in [-0.4, -0.2) is 45.9 Å². The number of carbonyl (C=O) groups is 2. The van der Waals surface area contributed by atoms with Crippen molar-refractivity contribution in [3.8, 4) is 0 Å². The molecule has 31 heavy (non-hydrogen) atoms. The van der Waals surface area contributed by atoms with Crippen LogP contribution in [0.1, 0.15) is 33.4 Å². The van der Waals surface area contributed by atoms with Crippen molar-refractivity contribution in [3.63, 3.8) is 0 Å². The Morgan fingerprint density at radius 1 is 1.10 bits per heavy atom. The minimum Gasteiger partial charge on any atom is -0.353 e. The third-order valence-corrected chi connectivity index (χ3v) is 5.00. The number of urea groups is 1. The van der Waals surface area contributed by atoms with Gasteiger partial charge in [-0.25, -0.2) is 9.18 Å². The van der Waals surface area contributed by atoms with Gasteiger partial charge in [0.15, 0.2) is 0 Å². The fraction of sp³-hybridized carbons (Fsp3) is 0.478. The van der Waals surface area contributed by atoms with Crippen LogP contribution in [0.3, 0.4) is 0 Å². The van der Waals surface area contributed by atoms with Gasteiger partial charge in [0.25, 0.3) is 0 Å². The molecule has 0 radical (unpaired) electrons. The Labute approximate surface area is 189 Å². The first-order chi connectivity index (χ1) is 14.6. The van der Waals surface area contributed by atoms with Crippen molar-refractivity contribution in [1.29, 1.82) is 0 Å². The molecule has 8 heteroatoms. The third-order valence-electron chi connectivity index (χ3n) is 4.71. The highest BCUT2D eigenvalue weighted by molar-refractivity contribution is 6.31. The second-order valence-corrected chi connectivity index (χ2v) is 9.02. The van der Waals surface area contributed by atoms with E-state index in [2.05, 4.69) is 19.2 Å². The average Bonchev–Trinajstić information content (AvgIpc) is 3.07. The number of benzene rings is 1. The minimum absolute atomic E-state index is 0.0456. The first kappa shape index (κ1) is 24.7. The van der Waals surface area contributed by atoms with Gasteiger partial charge in [-0.15, -0.1) is 0 Å². The molecule has 170 valence electrons. The van der Waals surface area contributed by atoms with Crippen LogP contribution in [0.5, 0.6) is 0 Å². The van der Waals surface area contributed by atoms with E-state index in [0.29, 0.717) is 25.3 Å². The summed E-state index contributed by atoms with van der Waals surface area (Å²) in [5.41, 5.74) is 1.40. The molecule has 0 fully saturated rings. The van der Waals surface area contributed by atoms with E-state index in [9.17, 15) is 14.0 Å². The van der Waals surface area contributed by atoms with Crippen molar-refractivity contribution in [2.45, 2.75) is 34.2 Å². The summed E-state index contributed by atoms with van der Waals surface area (Å²) < 4.78 is 15.4. The third kappa shape index (κ3) is 7.58. The molecule has 0 saturated carbocycles. The Morgan fingerprint density at radius 2 is 1.74 bits per heavy atom. The van der Waals surface area contributed by atoms with Crippen molar-refractivity contribution in [1.82, 2.24) is 14.4 Å². The number of aryl methyl sites for hydroxylation is 1. The number of nitrogens with zero attached hydrogens (tertiary/aromatic N) is 3. The molecule has 1 N–H and O–H groups in total. The van der Waals surface area contributed by atoms with Crippen molar-refractivity contribution in [2.24, 2.45) is 18.9 Å². The molecule has 6 nitrogen and oxygen atoms in total. The lowest BCUT2D eigenvalue weighted by molar-refractivity contribution is -0.133. The van der Waals surface area contributed by atoms with Gasteiger partial charge in [0, 0.05) is 37.7 Å². The van der Waals surface area contributed by atoms with E-state index < -0.39 is 11.8 Å². The summed E-state index contributed by atoms with van der Waals surface area (Å²) in [5, 5.41) is 2.64. The van der Waals surface area contributed by atoms with Gasteiger partial charge in [-0.3, -0.25) is 4.79 Å². The number of amides is 3. The van der Waals surface area contributed by atoms with Crippen LogP contribution in [0.15, 0.2) is 36.5 Å². The Morgan fingerprint density at radius 3 is 2.29 bits per heavy atom. The second kappa shape index (κ2) is 11.2. The van der Waals surface area contributed by atoms with Gasteiger partial charge in [0.05, 0.1) is 11.6 Å². The molecule has 0 saturated heterocycles. The Hall–Kier alpha value is -2.54. The molecule has 2 aromatic rings. The summed E-state index contributed by atoms with van der Waals surface area (Å²) >= 11 is 5.81. The standard InChI is InChI=1S/C23H32ClFN4O2/c1-16(2)12-28(14-19-7-6-10-27(19)5)22(30)15-29(13-17(3)4)23(31)26-18-8-9-21(25)20(24)11-18/h6-11,16-17H,12-15H2,1-5H3,(H,26,31). The van der Waals surface area contributed by atoms with Gasteiger partial charge in [-0.1, -0.05) is 39.3 Å². The summed E-state index contributed by atoms with van der Waals surface area (Å²) in [7, 11) is 1.94. The molecule has 0 spiro atoms. The summed E-state index contributed by atoms with van der Waals surface area (Å²) in [6, 6.07) is 7.49. The average molecular weight is 451 g/mol. The van der Waals surface area contributed by atoms with Crippen LogP contribution >= 0.6 is 11.6 Å². The van der Waals surface area contributed by atoms with Gasteiger partial charge in [-0.05, 0) is 42.2 Å². The van der Waals surface area contributed by atoms with Crippen LogP contribution in [0, 0.1) is 17.7 Å². The van der Waals surface area contributed by atoms with E-state index in [1.165, 1.54) is 23.1 Å². The van der Waals surface area contributed by atoms with E-state index in [-0.39, 0.29) is 29.3 Å². The smallest absolute Gasteiger partial charge is 0.322 e. The molecule has 2 rings (SSSR count). The molecule has 1 aromatic carbocycles. The lowest BCUT2D eigenvalue weighted by Gasteiger charge is -2.30. The highest BCUT2D eigenvalue weighted by Gasteiger charge is 2.23. The van der Waals surface area contributed by atoms with E-state index in [1.807, 2.05) is 43.8 Å². The lowest BCUT2D eigenvalue weighted by atomic mass is 10.2. The topological polar surface area (TPSA) is 57.6 Å². The zero-order valence-corrected chi connectivity index (χ0v) is 19.6. The van der Waals surface area contributed by atoms with E-state index in [4.69, 9.17) is 11.6 Å². The van der Waals surface area contributed by atoms with Crippen LogP contribution < -0.4 is 5.32 Å². The molecular formula is C23H32ClFN4O2. The maximum Gasteiger partial charge on any atom is 0.322 e. The number of halogens is 2. The maximum absolute atomic E-state index is 13.4. The molecule has 1 aromatic heterocycles. The molecular weight excluding hydrogens is 419 g/mol. The zero-order chi connectivity index (χ0) is 23.1. The first-order valence-electron chi connectivity index (χ1n) is 10.5. The summed E-state index contributed by atoms with van der Waals surface area (Å²) in [4.78, 5) is 29.4. The quantitative estimate of drug-likeness (QED) is 0.585. The number of carbonyl (C=O) groups excluding carboxylic acids is 2. The van der Waals surface area contributed by atoms with Crippen LogP contribution in [0.4, 0.5) is 14.9 Å². The van der Waals surface area contributed by atoms with Crippen molar-refractivity contribution in [3.05, 3.63) is 53.1 Å². The van der Waals surface area contributed by atoms with Crippen LogP contribution in [0.2, 0.25) is 5.02 Å². The number of hydrogen-bond donors (Lipinski definition) is 1. The highest BCUT2D eigenvalue weighted by atomic mass is 35.5. The van der Waals surface area contributed by atoms with Crippen molar-refractivity contribution < 1.29 is 14.0 Å². The molecule has 0 unspecified atom stereocenters. The predicted octanol–water partition coefficient (Wildman–Crippen LogP) is 4.99. The summed E-state index contributed by atoms with van der Waals surface area (Å²) in [6.07, 6.45) is 1.94. The number of anilines is 1. The van der Waals surface area contributed by atoms with Gasteiger partial charge in [0.2, 0.25) is 5.91 Å². The highest BCUT2D eigenvalue weighted by Crippen LogP contribution is 2.20. The molecule has 0 bridgehead atoms. The molecule has 0 aliphatic rings. The van der Waals surface area contributed by atoms with E-state index in [1.54, 1.807) is 4.90 Å². The fourth-order valence-corrected chi connectivity index (χ4v) is 3.43. The van der Waals surface area contributed by atoms with Gasteiger partial charge in [-0.2, -0.15) is 0 Å². The van der Waals surface area contributed by atoms with Crippen LogP contribution in [-0.2, 0) is 18.4 Å². The Balaban J connectivity index is 2.15. The Kier molecular flexibility index (Phi) is 8.92. The molecule has 3 amide bonds. The number of hydrogen-bond acceptors (Lipinski definition) is 2. The Bertz CT molecular complexity index is 897. The second-order valence-electron chi connectivity index (χ2n) is 8.61. The van der Waals surface area contributed by atoms with Gasteiger partial charge >= 0.3 is 6.03 Å². The van der Waals surface area contributed by atoms with Crippen molar-refractivity contribution >= 4 is 29.2 Å². The number of rotatable bonds is 9. The number of nitrogens with one attached hydrogen (secondary N) is 1. The summed E-state index contributed by atoms with van der Waals surface area (Å²) in [5.74, 6) is -0.221. The fourth-order valence-electron chi connectivity index (χ4n) is 3.25. The molecule has 0 aliphatic carbocycles. The maximum atomic E-state index is 13.4. The van der Waals surface area contributed by atoms with Crippen LogP contribution in [0.25, 0.3) is 0 Å². The molecule has 0 aliphatic heterocycles. The predicted molar refractivity (Wildman–Crippen MR) is 123 cm³/mol. The van der Waals surface area contributed by atoms with E-state index in [0.717, 1.165) is 5.69 Å². The molecule has 0 atom stereocenters. The zero-order valence-electron chi connectivity index (χ0n) is 18.9. The monoisotopic (exact) mass is 450 g/mol. The largest absolute Gasteiger partial charge is 0.353 e. The number of aromatic nitrogens is 1. The molecule has 1 heterocycles. The van der Waals surface area contributed by atoms with Gasteiger partial charge in [0.1, 0.15) is 12.4 Å². The minimum atomic E-state index is -0.557. The summed E-state index contributed by atoms with van der Waals surface area (Å²) in [6.45, 7) is 9.51. The normalized spacial score (nSPS) is 11.1. The van der Waals surface area contributed by atoms with Crippen molar-refractivity contribution in [2.75, 3.05) is 25.0 Å². The SMILES string of the molecule is CC(C)CN(Cc1cccn1C)C(=O)CN(CC(C)C)C(=O)Nc1ccc(F)c(Cl)c1. The van der Waals surface area contributed by atoms with E-state index >= 15 is 0 Å². The lowest BCUT2D eigenvalue weighted by Crippen LogP contribution is -2.46. The van der Waals surface area contributed by atoms with Gasteiger partial charge < -0.3 is 19.7 Å². The first-order valence-corrected chi connectivity index (χ1v) is 10.8.